The zero-order valence-electron chi connectivity index (χ0n) is 12.8. The quantitative estimate of drug-likeness (QED) is 0.627. The van der Waals surface area contributed by atoms with Gasteiger partial charge in [0.25, 0.3) is 0 Å². The molecule has 5 heteroatoms. The zero-order chi connectivity index (χ0) is 15.5. The van der Waals surface area contributed by atoms with Gasteiger partial charge in [0.1, 0.15) is 0 Å². The van der Waals surface area contributed by atoms with Crippen molar-refractivity contribution in [3.05, 3.63) is 33.8 Å². The molecule has 0 aromatic carbocycles. The van der Waals surface area contributed by atoms with Gasteiger partial charge in [-0.3, -0.25) is 4.90 Å². The number of carbonyl (C=O) groups excluding carboxylic acids is 1. The summed E-state index contributed by atoms with van der Waals surface area (Å²) in [5.41, 5.74) is 1.00. The van der Waals surface area contributed by atoms with Gasteiger partial charge < -0.3 is 4.74 Å². The van der Waals surface area contributed by atoms with E-state index in [1.807, 2.05) is 20.2 Å². The lowest BCUT2D eigenvalue weighted by Gasteiger charge is -2.43. The van der Waals surface area contributed by atoms with Crippen molar-refractivity contribution in [2.24, 2.45) is 0 Å². The number of halogens is 1. The molecule has 1 aliphatic carbocycles. The minimum Gasteiger partial charge on any atom is -0.463 e. The first-order valence-electron chi connectivity index (χ1n) is 7.27. The van der Waals surface area contributed by atoms with E-state index in [2.05, 4.69) is 4.90 Å². The van der Waals surface area contributed by atoms with E-state index in [0.717, 1.165) is 36.1 Å². The van der Waals surface area contributed by atoms with E-state index >= 15 is 0 Å². The van der Waals surface area contributed by atoms with Crippen LogP contribution in [0.5, 0.6) is 0 Å². The van der Waals surface area contributed by atoms with Crippen LogP contribution in [0.3, 0.4) is 0 Å². The summed E-state index contributed by atoms with van der Waals surface area (Å²) in [6.45, 7) is 2.21. The molecule has 1 saturated carbocycles. The highest BCUT2D eigenvalue weighted by Crippen LogP contribution is 2.45. The highest BCUT2D eigenvalue weighted by atomic mass is 32.1. The predicted octanol–water partition coefficient (Wildman–Crippen LogP) is 3.71. The fourth-order valence-electron chi connectivity index (χ4n) is 2.96. The second-order valence-corrected chi connectivity index (χ2v) is 6.62. The van der Waals surface area contributed by atoms with Crippen LogP contribution in [0.15, 0.2) is 23.8 Å². The van der Waals surface area contributed by atoms with E-state index in [1.54, 1.807) is 13.0 Å². The third-order valence-corrected chi connectivity index (χ3v) is 5.28. The Bertz CT molecular complexity index is 526. The van der Waals surface area contributed by atoms with Gasteiger partial charge >= 0.3 is 5.97 Å². The lowest BCUT2D eigenvalue weighted by molar-refractivity contribution is -0.137. The average Bonchev–Trinajstić information content (AvgIpc) is 2.87. The summed E-state index contributed by atoms with van der Waals surface area (Å²) < 4.78 is 18.3. The number of rotatable bonds is 4. The number of carbonyl (C=O) groups is 1. The number of nitrogens with zero attached hydrogens (tertiary/aromatic N) is 1. The second-order valence-electron chi connectivity index (χ2n) is 5.58. The van der Waals surface area contributed by atoms with Gasteiger partial charge in [-0.15, -0.1) is 11.3 Å². The number of thiophene rings is 1. The summed E-state index contributed by atoms with van der Waals surface area (Å²) in [6, 6.07) is 3.43. The highest BCUT2D eigenvalue weighted by Gasteiger charge is 2.38. The number of allylic oxidation sites excluding steroid dienone is 1. The van der Waals surface area contributed by atoms with Crippen molar-refractivity contribution in [2.45, 2.75) is 38.1 Å². The number of hydrogen-bond donors (Lipinski definition) is 0. The minimum absolute atomic E-state index is 0.124. The molecule has 1 aliphatic rings. The first-order valence-corrected chi connectivity index (χ1v) is 8.09. The molecule has 0 unspecified atom stereocenters. The molecule has 2 rings (SSSR count). The number of hydrogen-bond acceptors (Lipinski definition) is 4. The fourth-order valence-corrected chi connectivity index (χ4v) is 4.02. The van der Waals surface area contributed by atoms with Crippen LogP contribution in [-0.2, 0) is 15.1 Å². The first kappa shape index (κ1) is 16.2. The molecule has 0 radical (unpaired) electrons. The summed E-state index contributed by atoms with van der Waals surface area (Å²) in [5, 5.41) is -0.140. The van der Waals surface area contributed by atoms with Gasteiger partial charge in [0.15, 0.2) is 5.13 Å². The van der Waals surface area contributed by atoms with Gasteiger partial charge in [-0.05, 0) is 58.8 Å². The molecule has 0 aliphatic heterocycles. The van der Waals surface area contributed by atoms with E-state index in [-0.39, 0.29) is 16.6 Å². The summed E-state index contributed by atoms with van der Waals surface area (Å²) in [7, 11) is 4.08. The maximum atomic E-state index is 13.4. The van der Waals surface area contributed by atoms with Gasteiger partial charge in [-0.25, -0.2) is 4.79 Å². The van der Waals surface area contributed by atoms with Crippen molar-refractivity contribution < 1.29 is 13.9 Å². The molecule has 3 nitrogen and oxygen atoms in total. The third-order valence-electron chi connectivity index (χ3n) is 4.22. The van der Waals surface area contributed by atoms with Crippen LogP contribution < -0.4 is 0 Å². The fraction of sp³-hybridized carbons (Fsp3) is 0.562. The molecule has 0 bridgehead atoms. The van der Waals surface area contributed by atoms with Gasteiger partial charge in [0, 0.05) is 11.0 Å². The average molecular weight is 311 g/mol. The molecule has 0 spiro atoms. The Hall–Kier alpha value is -1.20. The second kappa shape index (κ2) is 6.71. The van der Waals surface area contributed by atoms with Crippen LogP contribution in [0.4, 0.5) is 4.39 Å². The molecule has 1 aromatic rings. The standard InChI is InChI=1S/C16H22FNO2S/c1-4-20-15(19)11-12-7-9-16(10-8-12,18(2)3)13-5-6-14(17)21-13/h5-6,11H,4,7-10H2,1-3H3. The molecular formula is C16H22FNO2S. The summed E-state index contributed by atoms with van der Waals surface area (Å²) in [6.07, 6.45) is 5.10. The van der Waals surface area contributed by atoms with Gasteiger partial charge in [0.05, 0.1) is 12.1 Å². The van der Waals surface area contributed by atoms with E-state index in [4.69, 9.17) is 4.74 Å². The van der Waals surface area contributed by atoms with E-state index in [9.17, 15) is 9.18 Å². The number of esters is 1. The molecule has 0 amide bonds. The lowest BCUT2D eigenvalue weighted by atomic mass is 9.77. The van der Waals surface area contributed by atoms with E-state index in [1.165, 1.54) is 17.4 Å². The van der Waals surface area contributed by atoms with Crippen LogP contribution in [0.2, 0.25) is 0 Å². The summed E-state index contributed by atoms with van der Waals surface area (Å²) >= 11 is 1.23. The molecule has 0 saturated heterocycles. The zero-order valence-corrected chi connectivity index (χ0v) is 13.6. The molecular weight excluding hydrogens is 289 g/mol. The first-order chi connectivity index (χ1) is 9.98. The maximum Gasteiger partial charge on any atom is 0.330 e. The van der Waals surface area contributed by atoms with Crippen molar-refractivity contribution >= 4 is 17.3 Å². The van der Waals surface area contributed by atoms with Crippen molar-refractivity contribution in [3.8, 4) is 0 Å². The van der Waals surface area contributed by atoms with Crippen LogP contribution >= 0.6 is 11.3 Å². The molecule has 116 valence electrons. The predicted molar refractivity (Wildman–Crippen MR) is 82.8 cm³/mol. The Labute approximate surface area is 129 Å². The Morgan fingerprint density at radius 1 is 1.43 bits per heavy atom. The topological polar surface area (TPSA) is 29.5 Å². The maximum absolute atomic E-state index is 13.4. The van der Waals surface area contributed by atoms with Crippen LogP contribution in [0, 0.1) is 5.13 Å². The summed E-state index contributed by atoms with van der Waals surface area (Å²) in [5.74, 6) is -0.257. The van der Waals surface area contributed by atoms with Crippen molar-refractivity contribution in [1.29, 1.82) is 0 Å². The van der Waals surface area contributed by atoms with Gasteiger partial charge in [0.2, 0.25) is 0 Å². The third kappa shape index (κ3) is 3.52. The Morgan fingerprint density at radius 3 is 2.57 bits per heavy atom. The van der Waals surface area contributed by atoms with Gasteiger partial charge in [-0.2, -0.15) is 4.39 Å². The minimum atomic E-state index is -0.257. The van der Waals surface area contributed by atoms with Crippen LogP contribution in [0.1, 0.15) is 37.5 Å². The van der Waals surface area contributed by atoms with Crippen LogP contribution in [-0.4, -0.2) is 31.6 Å². The molecule has 1 heterocycles. The largest absolute Gasteiger partial charge is 0.463 e. The van der Waals surface area contributed by atoms with Crippen molar-refractivity contribution in [2.75, 3.05) is 20.7 Å². The smallest absolute Gasteiger partial charge is 0.330 e. The Morgan fingerprint density at radius 2 is 2.10 bits per heavy atom. The van der Waals surface area contributed by atoms with E-state index < -0.39 is 0 Å². The lowest BCUT2D eigenvalue weighted by Crippen LogP contribution is -2.42. The Kier molecular flexibility index (Phi) is 5.17. The normalized spacial score (nSPS) is 22.4. The van der Waals surface area contributed by atoms with Crippen molar-refractivity contribution in [3.63, 3.8) is 0 Å². The molecule has 1 aromatic heterocycles. The highest BCUT2D eigenvalue weighted by molar-refractivity contribution is 7.10. The SMILES string of the molecule is CCOC(=O)C=C1CCC(c2ccc(F)s2)(N(C)C)CC1. The Balaban J connectivity index is 2.13. The summed E-state index contributed by atoms with van der Waals surface area (Å²) in [4.78, 5) is 14.8. The molecule has 0 atom stereocenters. The molecule has 21 heavy (non-hydrogen) atoms. The van der Waals surface area contributed by atoms with Crippen LogP contribution in [0.25, 0.3) is 0 Å². The number of ether oxygens (including phenoxy) is 1. The van der Waals surface area contributed by atoms with Crippen molar-refractivity contribution in [1.82, 2.24) is 4.90 Å². The monoisotopic (exact) mass is 311 g/mol. The molecule has 0 N–H and O–H groups in total. The molecule has 1 fully saturated rings. The van der Waals surface area contributed by atoms with E-state index in [0.29, 0.717) is 6.61 Å². The van der Waals surface area contributed by atoms with Gasteiger partial charge in [-0.1, -0.05) is 5.57 Å².